The molecule has 2 saturated carbocycles. The van der Waals surface area contributed by atoms with Crippen LogP contribution in [0.1, 0.15) is 12.8 Å². The molecule has 2 aliphatic carbocycles. The number of fused-ring (bicyclic) bond motifs is 1. The van der Waals surface area contributed by atoms with E-state index in [1.165, 1.54) is 0 Å². The molecule has 7 nitrogen and oxygen atoms in total. The van der Waals surface area contributed by atoms with Gasteiger partial charge in [-0.3, -0.25) is 4.79 Å². The zero-order valence-electron chi connectivity index (χ0n) is 12.2. The third kappa shape index (κ3) is 2.32. The largest absolute Gasteiger partial charge is 0.458 e. The van der Waals surface area contributed by atoms with E-state index in [9.17, 15) is 18.0 Å². The van der Waals surface area contributed by atoms with Crippen molar-refractivity contribution in [3.8, 4) is 0 Å². The molecule has 5 unspecified atom stereocenters. The number of ether oxygens (including phenoxy) is 2. The van der Waals surface area contributed by atoms with Crippen molar-refractivity contribution >= 4 is 21.8 Å². The molecule has 4 rings (SSSR count). The fraction of sp³-hybridized carbons (Fsp3) is 0.857. The number of esters is 2. The quantitative estimate of drug-likeness (QED) is 0.590. The van der Waals surface area contributed by atoms with Gasteiger partial charge in [-0.15, -0.1) is 0 Å². The van der Waals surface area contributed by atoms with Gasteiger partial charge in [-0.1, -0.05) is 0 Å². The highest BCUT2D eigenvalue weighted by Crippen LogP contribution is 2.55. The molecule has 0 amide bonds. The second-order valence-electron chi connectivity index (χ2n) is 6.94. The third-order valence-corrected chi connectivity index (χ3v) is 7.26. The lowest BCUT2D eigenvalue weighted by atomic mass is 9.88. The summed E-state index contributed by atoms with van der Waals surface area (Å²) in [7, 11) is -2.92. The summed E-state index contributed by atoms with van der Waals surface area (Å²) < 4.78 is 33.7. The van der Waals surface area contributed by atoms with E-state index >= 15 is 0 Å². The Morgan fingerprint density at radius 3 is 2.73 bits per heavy atom. The van der Waals surface area contributed by atoms with E-state index in [0.29, 0.717) is 13.1 Å². The van der Waals surface area contributed by atoms with Gasteiger partial charge in [0, 0.05) is 11.8 Å². The van der Waals surface area contributed by atoms with E-state index in [4.69, 9.17) is 9.47 Å². The van der Waals surface area contributed by atoms with E-state index in [1.807, 2.05) is 0 Å². The Hall–Kier alpha value is -1.15. The molecule has 4 aliphatic rings. The summed E-state index contributed by atoms with van der Waals surface area (Å²) in [4.78, 5) is 24.8. The number of quaternary nitrogens is 1. The highest BCUT2D eigenvalue weighted by atomic mass is 32.2. The maximum absolute atomic E-state index is 12.1. The predicted octanol–water partition coefficient (Wildman–Crippen LogP) is -2.21. The Morgan fingerprint density at radius 2 is 2.00 bits per heavy atom. The van der Waals surface area contributed by atoms with E-state index in [-0.39, 0.29) is 60.0 Å². The molecule has 0 spiro atoms. The standard InChI is InChI=1S/C14H19NO6S/c16-11(7-15-1-3-22(18,19)4-2-15)20-12-8-5-9-10(6-8)14(17)21-13(9)12/h8-10,12-13H,1-7H2/p+1. The van der Waals surface area contributed by atoms with Gasteiger partial charge in [-0.05, 0) is 12.8 Å². The Bertz CT molecular complexity index is 603. The second-order valence-corrected chi connectivity index (χ2v) is 9.24. The van der Waals surface area contributed by atoms with E-state index in [0.717, 1.165) is 17.7 Å². The predicted molar refractivity (Wildman–Crippen MR) is 73.7 cm³/mol. The van der Waals surface area contributed by atoms with Crippen molar-refractivity contribution in [1.29, 1.82) is 0 Å². The zero-order chi connectivity index (χ0) is 15.5. The average Bonchev–Trinajstić information content (AvgIpc) is 3.06. The van der Waals surface area contributed by atoms with Crippen LogP contribution in [0.4, 0.5) is 0 Å². The van der Waals surface area contributed by atoms with Gasteiger partial charge >= 0.3 is 11.9 Å². The summed E-state index contributed by atoms with van der Waals surface area (Å²) in [5.41, 5.74) is 0. The molecule has 2 saturated heterocycles. The molecule has 0 aromatic carbocycles. The van der Waals surface area contributed by atoms with Gasteiger partial charge in [0.25, 0.3) is 0 Å². The lowest BCUT2D eigenvalue weighted by Crippen LogP contribution is -3.15. The van der Waals surface area contributed by atoms with E-state index in [2.05, 4.69) is 0 Å². The molecule has 0 aromatic heterocycles. The Balaban J connectivity index is 1.33. The fourth-order valence-electron chi connectivity index (χ4n) is 4.47. The fourth-order valence-corrected chi connectivity index (χ4v) is 5.87. The van der Waals surface area contributed by atoms with Crippen LogP contribution in [0.25, 0.3) is 0 Å². The first kappa shape index (κ1) is 14.4. The SMILES string of the molecule is O=C(C[NH+]1CCS(=O)(=O)CC1)OC1C2CC3C(=O)OC1C3C2. The molecule has 0 radical (unpaired) electrons. The molecule has 0 aromatic rings. The van der Waals surface area contributed by atoms with Gasteiger partial charge in [0.1, 0.15) is 12.2 Å². The summed E-state index contributed by atoms with van der Waals surface area (Å²) in [6.07, 6.45) is 1.13. The van der Waals surface area contributed by atoms with Gasteiger partial charge in [-0.25, -0.2) is 13.2 Å². The smallest absolute Gasteiger partial charge is 0.362 e. The van der Waals surface area contributed by atoms with Crippen LogP contribution in [0, 0.1) is 17.8 Å². The summed E-state index contributed by atoms with van der Waals surface area (Å²) >= 11 is 0. The van der Waals surface area contributed by atoms with Crippen molar-refractivity contribution < 1.29 is 32.4 Å². The Labute approximate surface area is 128 Å². The van der Waals surface area contributed by atoms with Crippen LogP contribution in [-0.2, 0) is 28.9 Å². The van der Waals surface area contributed by atoms with Gasteiger partial charge in [-0.2, -0.15) is 0 Å². The van der Waals surface area contributed by atoms with Crippen LogP contribution in [0.15, 0.2) is 0 Å². The van der Waals surface area contributed by atoms with E-state index < -0.39 is 9.84 Å². The number of hydrogen-bond donors (Lipinski definition) is 1. The highest BCUT2D eigenvalue weighted by molar-refractivity contribution is 7.91. The van der Waals surface area contributed by atoms with Crippen LogP contribution >= 0.6 is 0 Å². The monoisotopic (exact) mass is 330 g/mol. The number of carbonyl (C=O) groups is 2. The lowest BCUT2D eigenvalue weighted by Gasteiger charge is -2.27. The Kier molecular flexibility index (Phi) is 3.23. The molecule has 8 heteroatoms. The minimum absolute atomic E-state index is 0.0166. The second kappa shape index (κ2) is 4.92. The number of rotatable bonds is 3. The molecule has 2 aliphatic heterocycles. The van der Waals surface area contributed by atoms with Crippen molar-refractivity contribution in [3.05, 3.63) is 0 Å². The van der Waals surface area contributed by atoms with Crippen LogP contribution in [-0.4, -0.2) is 63.7 Å². The minimum Gasteiger partial charge on any atom is -0.458 e. The number of hydrogen-bond acceptors (Lipinski definition) is 6. The van der Waals surface area contributed by atoms with Crippen LogP contribution in [0.5, 0.6) is 0 Å². The van der Waals surface area contributed by atoms with Crippen LogP contribution < -0.4 is 4.90 Å². The molecule has 2 bridgehead atoms. The molecule has 2 heterocycles. The summed E-state index contributed by atoms with van der Waals surface area (Å²) in [5, 5.41) is 0. The average molecular weight is 330 g/mol. The number of carbonyl (C=O) groups excluding carboxylic acids is 2. The van der Waals surface area contributed by atoms with Gasteiger partial charge in [0.15, 0.2) is 16.4 Å². The van der Waals surface area contributed by atoms with Gasteiger partial charge < -0.3 is 14.4 Å². The Morgan fingerprint density at radius 1 is 1.27 bits per heavy atom. The topological polar surface area (TPSA) is 91.2 Å². The first-order valence-electron chi connectivity index (χ1n) is 7.87. The van der Waals surface area contributed by atoms with Crippen molar-refractivity contribution in [1.82, 2.24) is 0 Å². The summed E-state index contributed by atoms with van der Waals surface area (Å²) in [6, 6.07) is 0. The normalized spacial score (nSPS) is 42.4. The first-order chi connectivity index (χ1) is 10.4. The molecule has 5 atom stereocenters. The molecule has 22 heavy (non-hydrogen) atoms. The maximum Gasteiger partial charge on any atom is 0.362 e. The highest BCUT2D eigenvalue weighted by Gasteiger charge is 2.63. The van der Waals surface area contributed by atoms with Gasteiger partial charge in [0.05, 0.1) is 30.5 Å². The molecule has 4 fully saturated rings. The summed E-state index contributed by atoms with van der Waals surface area (Å²) in [5.74, 6) is 0.296. The zero-order valence-corrected chi connectivity index (χ0v) is 13.0. The number of nitrogens with one attached hydrogen (secondary N) is 1. The number of sulfone groups is 1. The van der Waals surface area contributed by atoms with Crippen LogP contribution in [0.2, 0.25) is 0 Å². The van der Waals surface area contributed by atoms with Gasteiger partial charge in [0.2, 0.25) is 0 Å². The molecule has 1 N–H and O–H groups in total. The molecular formula is C14H20NO6S+. The van der Waals surface area contributed by atoms with E-state index in [1.54, 1.807) is 0 Å². The first-order valence-corrected chi connectivity index (χ1v) is 9.69. The molecule has 122 valence electrons. The van der Waals surface area contributed by atoms with Crippen molar-refractivity contribution in [2.75, 3.05) is 31.1 Å². The van der Waals surface area contributed by atoms with Crippen molar-refractivity contribution in [2.45, 2.75) is 25.0 Å². The summed E-state index contributed by atoms with van der Waals surface area (Å²) in [6.45, 7) is 1.09. The minimum atomic E-state index is -2.92. The van der Waals surface area contributed by atoms with Crippen molar-refractivity contribution in [3.63, 3.8) is 0 Å². The van der Waals surface area contributed by atoms with Crippen molar-refractivity contribution in [2.24, 2.45) is 17.8 Å². The maximum atomic E-state index is 12.1. The third-order valence-electron chi connectivity index (χ3n) is 5.61. The molecular weight excluding hydrogens is 310 g/mol. The lowest BCUT2D eigenvalue weighted by molar-refractivity contribution is -0.889. The van der Waals surface area contributed by atoms with Crippen LogP contribution in [0.3, 0.4) is 0 Å².